The molecule has 0 radical (unpaired) electrons. The average molecular weight is 219 g/mol. The molecule has 0 bridgehead atoms. The smallest absolute Gasteiger partial charge is 0.239 e. The summed E-state index contributed by atoms with van der Waals surface area (Å²) >= 11 is 0. The number of benzene rings is 1. The summed E-state index contributed by atoms with van der Waals surface area (Å²) in [6, 6.07) is 6.50. The summed E-state index contributed by atoms with van der Waals surface area (Å²) in [4.78, 5) is 10.9. The van der Waals surface area contributed by atoms with Gasteiger partial charge in [-0.05, 0) is 19.1 Å². The highest BCUT2D eigenvalue weighted by Gasteiger charge is 2.14. The van der Waals surface area contributed by atoms with E-state index in [0.29, 0.717) is 17.0 Å². The second kappa shape index (κ2) is 5.03. The average Bonchev–Trinajstić information content (AvgIpc) is 2.29. The molecule has 16 heavy (non-hydrogen) atoms. The van der Waals surface area contributed by atoms with Crippen molar-refractivity contribution in [2.45, 2.75) is 13.0 Å². The molecule has 1 aromatic rings. The van der Waals surface area contributed by atoms with E-state index in [1.165, 1.54) is 7.11 Å². The molecule has 0 saturated heterocycles. The molecular formula is C11H13N3O2. The van der Waals surface area contributed by atoms with Crippen LogP contribution in [-0.4, -0.2) is 19.1 Å². The number of rotatable bonds is 4. The first-order chi connectivity index (χ1) is 7.60. The minimum atomic E-state index is -0.566. The summed E-state index contributed by atoms with van der Waals surface area (Å²) in [7, 11) is 1.50. The summed E-state index contributed by atoms with van der Waals surface area (Å²) in [5, 5.41) is 11.8. The topological polar surface area (TPSA) is 88.1 Å². The van der Waals surface area contributed by atoms with Crippen LogP contribution in [-0.2, 0) is 4.79 Å². The SMILES string of the molecule is COc1cccc(C#N)c1NC(C)C(N)=O. The molecule has 5 nitrogen and oxygen atoms in total. The van der Waals surface area contributed by atoms with Gasteiger partial charge in [0.25, 0.3) is 0 Å². The lowest BCUT2D eigenvalue weighted by Gasteiger charge is -2.15. The third kappa shape index (κ3) is 2.42. The van der Waals surface area contributed by atoms with Gasteiger partial charge in [-0.25, -0.2) is 0 Å². The van der Waals surface area contributed by atoms with Gasteiger partial charge >= 0.3 is 0 Å². The molecule has 0 spiro atoms. The zero-order valence-corrected chi connectivity index (χ0v) is 9.15. The van der Waals surface area contributed by atoms with E-state index in [2.05, 4.69) is 5.32 Å². The van der Waals surface area contributed by atoms with Gasteiger partial charge in [-0.15, -0.1) is 0 Å². The molecule has 3 N–H and O–H groups in total. The highest BCUT2D eigenvalue weighted by atomic mass is 16.5. The summed E-state index contributed by atoms with van der Waals surface area (Å²) in [5.74, 6) is 0.0157. The number of nitrogens with zero attached hydrogens (tertiary/aromatic N) is 1. The zero-order chi connectivity index (χ0) is 12.1. The third-order valence-corrected chi connectivity index (χ3v) is 2.15. The summed E-state index contributed by atoms with van der Waals surface area (Å²) < 4.78 is 5.10. The summed E-state index contributed by atoms with van der Waals surface area (Å²) in [5.41, 5.74) is 6.04. The van der Waals surface area contributed by atoms with Crippen LogP contribution in [0.4, 0.5) is 5.69 Å². The number of carbonyl (C=O) groups excluding carboxylic acids is 1. The Morgan fingerprint density at radius 1 is 1.62 bits per heavy atom. The van der Waals surface area contributed by atoms with Gasteiger partial charge in [0, 0.05) is 0 Å². The first-order valence-corrected chi connectivity index (χ1v) is 4.73. The fourth-order valence-corrected chi connectivity index (χ4v) is 1.23. The molecule has 84 valence electrons. The maximum absolute atomic E-state index is 10.9. The van der Waals surface area contributed by atoms with Crippen molar-refractivity contribution in [2.75, 3.05) is 12.4 Å². The Labute approximate surface area is 93.8 Å². The Morgan fingerprint density at radius 2 is 2.31 bits per heavy atom. The lowest BCUT2D eigenvalue weighted by Crippen LogP contribution is -2.32. The van der Waals surface area contributed by atoms with Crippen LogP contribution in [0.3, 0.4) is 0 Å². The van der Waals surface area contributed by atoms with Gasteiger partial charge in [0.15, 0.2) is 0 Å². The minimum absolute atomic E-state index is 0.410. The van der Waals surface area contributed by atoms with Gasteiger partial charge in [0.05, 0.1) is 18.4 Å². The van der Waals surface area contributed by atoms with Crippen LogP contribution in [0.1, 0.15) is 12.5 Å². The normalized spacial score (nSPS) is 11.3. The van der Waals surface area contributed by atoms with Crippen molar-refractivity contribution in [1.82, 2.24) is 0 Å². The van der Waals surface area contributed by atoms with Gasteiger partial charge in [0.2, 0.25) is 5.91 Å². The molecule has 0 fully saturated rings. The first kappa shape index (κ1) is 11.9. The monoisotopic (exact) mass is 219 g/mol. The standard InChI is InChI=1S/C11H13N3O2/c1-7(11(13)15)14-10-8(6-12)4-3-5-9(10)16-2/h3-5,7,14H,1-2H3,(H2,13,15). The van der Waals surface area contributed by atoms with E-state index in [1.54, 1.807) is 25.1 Å². The molecule has 1 unspecified atom stereocenters. The maximum atomic E-state index is 10.9. The Morgan fingerprint density at radius 3 is 2.81 bits per heavy atom. The van der Waals surface area contributed by atoms with Crippen LogP contribution < -0.4 is 15.8 Å². The van der Waals surface area contributed by atoms with Crippen LogP contribution in [0.2, 0.25) is 0 Å². The number of ether oxygens (including phenoxy) is 1. The third-order valence-electron chi connectivity index (χ3n) is 2.15. The first-order valence-electron chi connectivity index (χ1n) is 4.73. The molecule has 0 aromatic heterocycles. The van der Waals surface area contributed by atoms with E-state index in [4.69, 9.17) is 15.7 Å². The van der Waals surface area contributed by atoms with Crippen LogP contribution in [0.15, 0.2) is 18.2 Å². The van der Waals surface area contributed by atoms with Gasteiger partial charge in [-0.3, -0.25) is 4.79 Å². The number of nitrogens with two attached hydrogens (primary N) is 1. The van der Waals surface area contributed by atoms with E-state index in [0.717, 1.165) is 0 Å². The second-order valence-electron chi connectivity index (χ2n) is 3.26. The van der Waals surface area contributed by atoms with Gasteiger partial charge in [-0.2, -0.15) is 5.26 Å². The van der Waals surface area contributed by atoms with Crippen LogP contribution in [0.5, 0.6) is 5.75 Å². The predicted molar refractivity (Wildman–Crippen MR) is 60.0 cm³/mol. The number of hydrogen-bond acceptors (Lipinski definition) is 4. The molecule has 0 saturated carbocycles. The van der Waals surface area contributed by atoms with E-state index in [1.807, 2.05) is 6.07 Å². The lowest BCUT2D eigenvalue weighted by molar-refractivity contribution is -0.118. The molecule has 5 heteroatoms. The highest BCUT2D eigenvalue weighted by Crippen LogP contribution is 2.28. The molecule has 0 aliphatic heterocycles. The van der Waals surface area contributed by atoms with Crippen molar-refractivity contribution >= 4 is 11.6 Å². The number of hydrogen-bond donors (Lipinski definition) is 2. The van der Waals surface area contributed by atoms with Crippen molar-refractivity contribution in [1.29, 1.82) is 5.26 Å². The highest BCUT2D eigenvalue weighted by molar-refractivity contribution is 5.84. The van der Waals surface area contributed by atoms with Crippen molar-refractivity contribution in [3.63, 3.8) is 0 Å². The Hall–Kier alpha value is -2.22. The number of nitriles is 1. The maximum Gasteiger partial charge on any atom is 0.239 e. The van der Waals surface area contributed by atoms with Crippen LogP contribution >= 0.6 is 0 Å². The predicted octanol–water partition coefficient (Wildman–Crippen LogP) is 0.853. The number of anilines is 1. The van der Waals surface area contributed by atoms with Gasteiger partial charge < -0.3 is 15.8 Å². The van der Waals surface area contributed by atoms with Crippen molar-refractivity contribution in [3.05, 3.63) is 23.8 Å². The van der Waals surface area contributed by atoms with Crippen molar-refractivity contribution < 1.29 is 9.53 Å². The largest absolute Gasteiger partial charge is 0.495 e. The zero-order valence-electron chi connectivity index (χ0n) is 9.15. The molecular weight excluding hydrogens is 206 g/mol. The number of amides is 1. The van der Waals surface area contributed by atoms with E-state index >= 15 is 0 Å². The molecule has 1 rings (SSSR count). The minimum Gasteiger partial charge on any atom is -0.495 e. The summed E-state index contributed by atoms with van der Waals surface area (Å²) in [6.45, 7) is 1.62. The lowest BCUT2D eigenvalue weighted by atomic mass is 10.1. The molecule has 0 heterocycles. The van der Waals surface area contributed by atoms with Gasteiger partial charge in [-0.1, -0.05) is 6.07 Å². The molecule has 0 aliphatic rings. The molecule has 1 aromatic carbocycles. The molecule has 0 aliphatic carbocycles. The number of carbonyl (C=O) groups is 1. The van der Waals surface area contributed by atoms with E-state index in [-0.39, 0.29) is 0 Å². The molecule has 1 amide bonds. The van der Waals surface area contributed by atoms with Crippen molar-refractivity contribution in [2.24, 2.45) is 5.73 Å². The summed E-state index contributed by atoms with van der Waals surface area (Å²) in [6.07, 6.45) is 0. The van der Waals surface area contributed by atoms with E-state index in [9.17, 15) is 4.79 Å². The molecule has 1 atom stereocenters. The number of primary amides is 1. The van der Waals surface area contributed by atoms with Crippen molar-refractivity contribution in [3.8, 4) is 11.8 Å². The Kier molecular flexibility index (Phi) is 3.72. The second-order valence-corrected chi connectivity index (χ2v) is 3.26. The van der Waals surface area contributed by atoms with Crippen LogP contribution in [0, 0.1) is 11.3 Å². The number of methoxy groups -OCH3 is 1. The number of para-hydroxylation sites is 1. The Bertz CT molecular complexity index is 437. The Balaban J connectivity index is 3.10. The fraction of sp³-hybridized carbons (Fsp3) is 0.273. The van der Waals surface area contributed by atoms with Crippen LogP contribution in [0.25, 0.3) is 0 Å². The number of nitrogens with one attached hydrogen (secondary N) is 1. The quantitative estimate of drug-likeness (QED) is 0.785. The fourth-order valence-electron chi connectivity index (χ4n) is 1.23. The van der Waals surface area contributed by atoms with E-state index < -0.39 is 11.9 Å². The van der Waals surface area contributed by atoms with Gasteiger partial charge in [0.1, 0.15) is 17.9 Å².